The van der Waals surface area contributed by atoms with Gasteiger partial charge < -0.3 is 14.0 Å². The van der Waals surface area contributed by atoms with Crippen molar-refractivity contribution in [3.05, 3.63) is 70.6 Å². The number of rotatable bonds is 6. The summed E-state index contributed by atoms with van der Waals surface area (Å²) >= 11 is 0. The summed E-state index contributed by atoms with van der Waals surface area (Å²) in [4.78, 5) is 33.6. The highest BCUT2D eigenvalue weighted by atomic mass is 16.5. The Morgan fingerprint density at radius 2 is 1.69 bits per heavy atom. The lowest BCUT2D eigenvalue weighted by molar-refractivity contribution is 0.0462. The number of Topliss-reactive ketones (excluding diaryl/α,β-unsaturated/α-hetero) is 1. The van der Waals surface area contributed by atoms with E-state index in [-0.39, 0.29) is 11.6 Å². The van der Waals surface area contributed by atoms with Gasteiger partial charge >= 0.3 is 5.97 Å². The van der Waals surface area contributed by atoms with Gasteiger partial charge in [-0.1, -0.05) is 0 Å². The van der Waals surface area contributed by atoms with Crippen LogP contribution >= 0.6 is 0 Å². The van der Waals surface area contributed by atoms with E-state index in [0.717, 1.165) is 34.2 Å². The van der Waals surface area contributed by atoms with Gasteiger partial charge in [0.05, 0.1) is 7.11 Å². The Bertz CT molecular complexity index is 1330. The molecular weight excluding hydrogens is 410 g/mol. The summed E-state index contributed by atoms with van der Waals surface area (Å²) in [6, 6.07) is 11.2. The van der Waals surface area contributed by atoms with Gasteiger partial charge in [-0.25, -0.2) is 14.3 Å². The predicted octanol–water partition coefficient (Wildman–Crippen LogP) is 3.20. The molecule has 32 heavy (non-hydrogen) atoms. The van der Waals surface area contributed by atoms with Crippen molar-refractivity contribution in [2.75, 3.05) is 13.7 Å². The molecule has 0 spiro atoms. The standard InChI is InChI=1S/C23H23N5O4/c1-13-10-15(3)28-23(24-13)25-21(26-28)22(30)32-12-20(29)19-11-14(2)27(16(19)4)17-6-8-18(31-5)9-7-17/h6-11H,12H2,1-5H3. The Kier molecular flexibility index (Phi) is 5.48. The molecule has 0 bridgehead atoms. The summed E-state index contributed by atoms with van der Waals surface area (Å²) in [5.41, 5.74) is 4.60. The van der Waals surface area contributed by atoms with Gasteiger partial charge in [-0.3, -0.25) is 4.79 Å². The van der Waals surface area contributed by atoms with Gasteiger partial charge in [0.25, 0.3) is 11.6 Å². The molecule has 0 saturated heterocycles. The number of carbonyl (C=O) groups excluding carboxylic acids is 2. The molecule has 0 N–H and O–H groups in total. The smallest absolute Gasteiger partial charge is 0.378 e. The van der Waals surface area contributed by atoms with Crippen LogP contribution in [0, 0.1) is 27.7 Å². The molecule has 0 unspecified atom stereocenters. The summed E-state index contributed by atoms with van der Waals surface area (Å²) in [6.45, 7) is 7.03. The van der Waals surface area contributed by atoms with E-state index >= 15 is 0 Å². The molecule has 3 heterocycles. The number of carbonyl (C=O) groups is 2. The number of methoxy groups -OCH3 is 1. The first-order valence-electron chi connectivity index (χ1n) is 10.0. The molecule has 0 aliphatic heterocycles. The van der Waals surface area contributed by atoms with Crippen molar-refractivity contribution in [3.63, 3.8) is 0 Å². The first-order chi connectivity index (χ1) is 15.3. The zero-order valence-corrected chi connectivity index (χ0v) is 18.5. The number of aromatic nitrogens is 5. The normalized spacial score (nSPS) is 11.0. The number of ether oxygens (including phenoxy) is 2. The molecule has 9 heteroatoms. The van der Waals surface area contributed by atoms with E-state index in [1.54, 1.807) is 13.2 Å². The molecule has 3 aromatic heterocycles. The Hall–Kier alpha value is -4.01. The van der Waals surface area contributed by atoms with Crippen LogP contribution in [0.4, 0.5) is 0 Å². The van der Waals surface area contributed by atoms with Crippen LogP contribution in [0.1, 0.15) is 43.8 Å². The molecule has 0 atom stereocenters. The highest BCUT2D eigenvalue weighted by Crippen LogP contribution is 2.23. The molecule has 4 rings (SSSR count). The van der Waals surface area contributed by atoms with E-state index in [1.807, 2.05) is 62.6 Å². The van der Waals surface area contributed by atoms with Gasteiger partial charge in [-0.05, 0) is 64.1 Å². The Morgan fingerprint density at radius 1 is 0.969 bits per heavy atom. The van der Waals surface area contributed by atoms with E-state index in [9.17, 15) is 9.59 Å². The number of fused-ring (bicyclic) bond motifs is 1. The summed E-state index contributed by atoms with van der Waals surface area (Å²) in [5.74, 6) is -0.156. The van der Waals surface area contributed by atoms with Crippen molar-refractivity contribution in [2.24, 2.45) is 0 Å². The largest absolute Gasteiger partial charge is 0.497 e. The van der Waals surface area contributed by atoms with Crippen LogP contribution in [-0.2, 0) is 4.74 Å². The van der Waals surface area contributed by atoms with Crippen LogP contribution < -0.4 is 4.74 Å². The molecule has 4 aromatic rings. The topological polar surface area (TPSA) is 101 Å². The van der Waals surface area contributed by atoms with Gasteiger partial charge in [-0.15, -0.1) is 5.10 Å². The second kappa shape index (κ2) is 8.26. The number of hydrogen-bond donors (Lipinski definition) is 0. The van der Waals surface area contributed by atoms with E-state index in [0.29, 0.717) is 11.3 Å². The average molecular weight is 433 g/mol. The lowest BCUT2D eigenvalue weighted by Crippen LogP contribution is -2.16. The van der Waals surface area contributed by atoms with Gasteiger partial charge in [0.15, 0.2) is 6.61 Å². The minimum absolute atomic E-state index is 0.136. The molecule has 0 radical (unpaired) electrons. The zero-order chi connectivity index (χ0) is 23.0. The van der Waals surface area contributed by atoms with Gasteiger partial charge in [-0.2, -0.15) is 4.98 Å². The molecule has 0 aliphatic carbocycles. The Morgan fingerprint density at radius 3 is 2.38 bits per heavy atom. The summed E-state index contributed by atoms with van der Waals surface area (Å²) in [6.07, 6.45) is 0. The monoisotopic (exact) mass is 433 g/mol. The second-order valence-corrected chi connectivity index (χ2v) is 7.50. The van der Waals surface area contributed by atoms with Crippen LogP contribution in [-0.4, -0.2) is 49.6 Å². The first kappa shape index (κ1) is 21.2. The van der Waals surface area contributed by atoms with E-state index in [1.165, 1.54) is 4.52 Å². The van der Waals surface area contributed by atoms with Crippen molar-refractivity contribution in [3.8, 4) is 11.4 Å². The SMILES string of the molecule is COc1ccc(-n2c(C)cc(C(=O)COC(=O)c3nc4nc(C)cc(C)n4n3)c2C)cc1. The van der Waals surface area contributed by atoms with Crippen molar-refractivity contribution >= 4 is 17.5 Å². The van der Waals surface area contributed by atoms with E-state index < -0.39 is 12.6 Å². The van der Waals surface area contributed by atoms with E-state index in [2.05, 4.69) is 15.1 Å². The molecule has 0 amide bonds. The predicted molar refractivity (Wildman–Crippen MR) is 117 cm³/mol. The molecule has 1 aromatic carbocycles. The zero-order valence-electron chi connectivity index (χ0n) is 18.5. The maximum atomic E-state index is 12.8. The highest BCUT2D eigenvalue weighted by Gasteiger charge is 2.21. The fraction of sp³-hybridized carbons (Fsp3) is 0.261. The summed E-state index contributed by atoms with van der Waals surface area (Å²) in [7, 11) is 1.61. The van der Waals surface area contributed by atoms with Crippen molar-refractivity contribution in [2.45, 2.75) is 27.7 Å². The van der Waals surface area contributed by atoms with Crippen molar-refractivity contribution in [1.29, 1.82) is 0 Å². The van der Waals surface area contributed by atoms with Gasteiger partial charge in [0.2, 0.25) is 5.78 Å². The van der Waals surface area contributed by atoms with Crippen molar-refractivity contribution in [1.82, 2.24) is 24.1 Å². The summed E-state index contributed by atoms with van der Waals surface area (Å²) < 4.78 is 13.8. The Balaban J connectivity index is 1.51. The number of esters is 1. The van der Waals surface area contributed by atoms with Crippen LogP contribution in [0.25, 0.3) is 11.5 Å². The van der Waals surface area contributed by atoms with Gasteiger partial charge in [0.1, 0.15) is 5.75 Å². The minimum atomic E-state index is -0.773. The summed E-state index contributed by atoms with van der Waals surface area (Å²) in [5, 5.41) is 4.14. The first-order valence-corrected chi connectivity index (χ1v) is 10.0. The number of benzene rings is 1. The maximum Gasteiger partial charge on any atom is 0.378 e. The third-order valence-corrected chi connectivity index (χ3v) is 5.20. The highest BCUT2D eigenvalue weighted by molar-refractivity contribution is 6.00. The molecular formula is C23H23N5O4. The van der Waals surface area contributed by atoms with Crippen LogP contribution in [0.3, 0.4) is 0 Å². The number of hydrogen-bond acceptors (Lipinski definition) is 7. The fourth-order valence-electron chi connectivity index (χ4n) is 3.70. The maximum absolute atomic E-state index is 12.8. The number of nitrogens with zero attached hydrogens (tertiary/aromatic N) is 5. The Labute approximate surface area is 184 Å². The van der Waals surface area contributed by atoms with Crippen LogP contribution in [0.2, 0.25) is 0 Å². The fourth-order valence-corrected chi connectivity index (χ4v) is 3.70. The third kappa shape index (κ3) is 3.84. The number of ketones is 1. The van der Waals surface area contributed by atoms with Gasteiger partial charge in [0, 0.05) is 34.0 Å². The lowest BCUT2D eigenvalue weighted by Gasteiger charge is -2.10. The molecule has 0 aliphatic rings. The van der Waals surface area contributed by atoms with E-state index in [4.69, 9.17) is 9.47 Å². The lowest BCUT2D eigenvalue weighted by atomic mass is 10.1. The minimum Gasteiger partial charge on any atom is -0.497 e. The van der Waals surface area contributed by atoms with Crippen LogP contribution in [0.5, 0.6) is 5.75 Å². The molecule has 0 fully saturated rings. The molecule has 164 valence electrons. The average Bonchev–Trinajstić information content (AvgIpc) is 3.33. The van der Waals surface area contributed by atoms with Crippen molar-refractivity contribution < 1.29 is 19.1 Å². The number of aryl methyl sites for hydroxylation is 3. The second-order valence-electron chi connectivity index (χ2n) is 7.50. The quantitative estimate of drug-likeness (QED) is 0.340. The third-order valence-electron chi connectivity index (χ3n) is 5.20. The van der Waals surface area contributed by atoms with Crippen LogP contribution in [0.15, 0.2) is 36.4 Å². The molecule has 0 saturated carbocycles. The molecule has 9 nitrogen and oxygen atoms in total.